The Labute approximate surface area is 119 Å². The minimum absolute atomic E-state index is 0.283. The lowest BCUT2D eigenvalue weighted by Crippen LogP contribution is -2.36. The highest BCUT2D eigenvalue weighted by molar-refractivity contribution is 6.32. The zero-order valence-electron chi connectivity index (χ0n) is 10.7. The van der Waals surface area contributed by atoms with Gasteiger partial charge in [-0.05, 0) is 13.1 Å². The van der Waals surface area contributed by atoms with E-state index >= 15 is 0 Å². The highest BCUT2D eigenvalue weighted by Crippen LogP contribution is 2.28. The maximum atomic E-state index is 11.9. The average molecular weight is 311 g/mol. The van der Waals surface area contributed by atoms with Crippen molar-refractivity contribution in [3.63, 3.8) is 0 Å². The fourth-order valence-corrected chi connectivity index (χ4v) is 1.68. The van der Waals surface area contributed by atoms with Crippen LogP contribution in [0.25, 0.3) is 0 Å². The van der Waals surface area contributed by atoms with E-state index in [2.05, 4.69) is 5.32 Å². The second kappa shape index (κ2) is 7.35. The molecule has 0 heterocycles. The van der Waals surface area contributed by atoms with Gasteiger partial charge in [-0.15, -0.1) is 0 Å². The van der Waals surface area contributed by atoms with E-state index < -0.39 is 25.2 Å². The Morgan fingerprint density at radius 2 is 2.10 bits per heavy atom. The van der Waals surface area contributed by atoms with Crippen molar-refractivity contribution in [2.75, 3.05) is 20.2 Å². The van der Waals surface area contributed by atoms with Crippen molar-refractivity contribution in [3.05, 3.63) is 28.8 Å². The standard InChI is InChI=1S/C12H14ClF3N2O2/c1-17-5-8-3-2-4-9(13)11(8)20-6-10(19)18-7-12(14,15)16/h2-4,17H,5-7H2,1H3,(H,18,19). The van der Waals surface area contributed by atoms with Crippen molar-refractivity contribution in [2.24, 2.45) is 0 Å². The minimum atomic E-state index is -4.45. The molecule has 0 unspecified atom stereocenters. The number of alkyl halides is 3. The number of ether oxygens (including phenoxy) is 1. The summed E-state index contributed by atoms with van der Waals surface area (Å²) in [5, 5.41) is 4.91. The SMILES string of the molecule is CNCc1cccc(Cl)c1OCC(=O)NCC(F)(F)F. The van der Waals surface area contributed by atoms with Crippen LogP contribution in [0.15, 0.2) is 18.2 Å². The lowest BCUT2D eigenvalue weighted by atomic mass is 10.2. The molecule has 0 aliphatic rings. The van der Waals surface area contributed by atoms with Gasteiger partial charge in [0.25, 0.3) is 5.91 Å². The molecule has 0 spiro atoms. The van der Waals surface area contributed by atoms with Crippen molar-refractivity contribution in [1.29, 1.82) is 0 Å². The van der Waals surface area contributed by atoms with E-state index in [1.54, 1.807) is 30.6 Å². The molecule has 0 atom stereocenters. The van der Waals surface area contributed by atoms with Crippen molar-refractivity contribution < 1.29 is 22.7 Å². The lowest BCUT2D eigenvalue weighted by molar-refractivity contribution is -0.139. The lowest BCUT2D eigenvalue weighted by Gasteiger charge is -2.13. The number of para-hydroxylation sites is 1. The first kappa shape index (κ1) is 16.6. The molecule has 0 bridgehead atoms. The van der Waals surface area contributed by atoms with E-state index in [1.165, 1.54) is 0 Å². The second-order valence-electron chi connectivity index (χ2n) is 3.94. The van der Waals surface area contributed by atoms with Crippen LogP contribution in [0.3, 0.4) is 0 Å². The largest absolute Gasteiger partial charge is 0.482 e. The van der Waals surface area contributed by atoms with Gasteiger partial charge < -0.3 is 15.4 Å². The van der Waals surface area contributed by atoms with E-state index in [4.69, 9.17) is 16.3 Å². The first-order chi connectivity index (χ1) is 9.33. The molecule has 0 fully saturated rings. The number of carbonyl (C=O) groups excluding carboxylic acids is 1. The molecule has 4 nitrogen and oxygen atoms in total. The zero-order chi connectivity index (χ0) is 15.2. The van der Waals surface area contributed by atoms with Gasteiger partial charge >= 0.3 is 6.18 Å². The first-order valence-corrected chi connectivity index (χ1v) is 6.09. The van der Waals surface area contributed by atoms with Gasteiger partial charge in [-0.3, -0.25) is 4.79 Å². The summed E-state index contributed by atoms with van der Waals surface area (Å²) in [6.45, 7) is -1.46. The number of carbonyl (C=O) groups is 1. The number of halogens is 4. The molecular formula is C12H14ClF3N2O2. The molecule has 0 radical (unpaired) electrons. The predicted molar refractivity (Wildman–Crippen MR) is 68.8 cm³/mol. The van der Waals surface area contributed by atoms with Crippen LogP contribution in [0.2, 0.25) is 5.02 Å². The Bertz CT molecular complexity index is 467. The van der Waals surface area contributed by atoms with E-state index in [0.29, 0.717) is 17.1 Å². The van der Waals surface area contributed by atoms with Gasteiger partial charge in [0.05, 0.1) is 5.02 Å². The molecule has 8 heteroatoms. The van der Waals surface area contributed by atoms with Crippen LogP contribution in [0.4, 0.5) is 13.2 Å². The fourth-order valence-electron chi connectivity index (χ4n) is 1.43. The second-order valence-corrected chi connectivity index (χ2v) is 4.35. The third kappa shape index (κ3) is 5.66. The summed E-state index contributed by atoms with van der Waals surface area (Å²) in [5.74, 6) is -0.580. The van der Waals surface area contributed by atoms with Crippen LogP contribution in [0.1, 0.15) is 5.56 Å². The molecule has 2 N–H and O–H groups in total. The highest BCUT2D eigenvalue weighted by atomic mass is 35.5. The molecule has 20 heavy (non-hydrogen) atoms. The molecule has 0 saturated carbocycles. The number of rotatable bonds is 6. The molecule has 1 amide bonds. The van der Waals surface area contributed by atoms with Crippen molar-refractivity contribution in [2.45, 2.75) is 12.7 Å². The normalized spacial score (nSPS) is 11.2. The molecule has 1 aromatic rings. The molecular weight excluding hydrogens is 297 g/mol. The Morgan fingerprint density at radius 1 is 1.40 bits per heavy atom. The summed E-state index contributed by atoms with van der Waals surface area (Å²) >= 11 is 5.93. The fraction of sp³-hybridized carbons (Fsp3) is 0.417. The maximum absolute atomic E-state index is 11.9. The summed E-state index contributed by atoms with van der Waals surface area (Å²) in [4.78, 5) is 11.2. The van der Waals surface area contributed by atoms with E-state index in [0.717, 1.165) is 0 Å². The number of benzene rings is 1. The zero-order valence-corrected chi connectivity index (χ0v) is 11.4. The summed E-state index contributed by atoms with van der Waals surface area (Å²) in [6.07, 6.45) is -4.45. The Balaban J connectivity index is 2.59. The molecule has 1 aromatic carbocycles. The van der Waals surface area contributed by atoms with Crippen LogP contribution in [0, 0.1) is 0 Å². The molecule has 0 aliphatic heterocycles. The van der Waals surface area contributed by atoms with Gasteiger partial charge in [-0.25, -0.2) is 0 Å². The third-order valence-electron chi connectivity index (χ3n) is 2.25. The van der Waals surface area contributed by atoms with Crippen molar-refractivity contribution in [3.8, 4) is 5.75 Å². The number of nitrogens with one attached hydrogen (secondary N) is 2. The Morgan fingerprint density at radius 3 is 2.70 bits per heavy atom. The molecule has 0 aliphatic carbocycles. The summed E-state index contributed by atoms with van der Waals surface area (Å²) < 4.78 is 41.0. The van der Waals surface area contributed by atoms with Gasteiger partial charge in [0.15, 0.2) is 6.61 Å². The quantitative estimate of drug-likeness (QED) is 0.846. The Kier molecular flexibility index (Phi) is 6.09. The van der Waals surface area contributed by atoms with E-state index in [9.17, 15) is 18.0 Å². The summed E-state index contributed by atoms with van der Waals surface area (Å²) in [7, 11) is 1.72. The van der Waals surface area contributed by atoms with Gasteiger partial charge in [0, 0.05) is 12.1 Å². The summed E-state index contributed by atoms with van der Waals surface area (Å²) in [6, 6.07) is 5.03. The topological polar surface area (TPSA) is 50.4 Å². The van der Waals surface area contributed by atoms with Crippen LogP contribution >= 0.6 is 11.6 Å². The van der Waals surface area contributed by atoms with Crippen molar-refractivity contribution >= 4 is 17.5 Å². The van der Waals surface area contributed by atoms with Crippen LogP contribution in [0.5, 0.6) is 5.75 Å². The highest BCUT2D eigenvalue weighted by Gasteiger charge is 2.27. The van der Waals surface area contributed by atoms with Crippen LogP contribution in [-0.2, 0) is 11.3 Å². The summed E-state index contributed by atoms with van der Waals surface area (Å²) in [5.41, 5.74) is 0.712. The van der Waals surface area contributed by atoms with E-state index in [-0.39, 0.29) is 5.75 Å². The predicted octanol–water partition coefficient (Wildman–Crippen LogP) is 2.12. The van der Waals surface area contributed by atoms with Crippen molar-refractivity contribution in [1.82, 2.24) is 10.6 Å². The molecule has 0 aromatic heterocycles. The smallest absolute Gasteiger partial charge is 0.405 e. The Hall–Kier alpha value is -1.47. The van der Waals surface area contributed by atoms with Gasteiger partial charge in [-0.1, -0.05) is 23.7 Å². The van der Waals surface area contributed by atoms with Crippen LogP contribution in [-0.4, -0.2) is 32.3 Å². The number of hydrogen-bond donors (Lipinski definition) is 2. The first-order valence-electron chi connectivity index (χ1n) is 5.71. The number of amides is 1. The van der Waals surface area contributed by atoms with Crippen LogP contribution < -0.4 is 15.4 Å². The van der Waals surface area contributed by atoms with Gasteiger partial charge in [0.2, 0.25) is 0 Å². The molecule has 0 saturated heterocycles. The number of hydrogen-bond acceptors (Lipinski definition) is 3. The monoisotopic (exact) mass is 310 g/mol. The average Bonchev–Trinajstić information content (AvgIpc) is 2.35. The van der Waals surface area contributed by atoms with Gasteiger partial charge in [-0.2, -0.15) is 13.2 Å². The minimum Gasteiger partial charge on any atom is -0.482 e. The van der Waals surface area contributed by atoms with Gasteiger partial charge in [0.1, 0.15) is 12.3 Å². The third-order valence-corrected chi connectivity index (χ3v) is 2.55. The molecule has 1 rings (SSSR count). The maximum Gasteiger partial charge on any atom is 0.405 e. The molecule has 112 valence electrons. The van der Waals surface area contributed by atoms with E-state index in [1.807, 2.05) is 0 Å².